The first-order valence-electron chi connectivity index (χ1n) is 6.63. The summed E-state index contributed by atoms with van der Waals surface area (Å²) in [5.41, 5.74) is 2.69. The maximum absolute atomic E-state index is 13.6. The lowest BCUT2D eigenvalue weighted by Crippen LogP contribution is -2.21. The molecule has 0 saturated heterocycles. The topological polar surface area (TPSA) is 31.9 Å². The fourth-order valence-corrected chi connectivity index (χ4v) is 2.22. The summed E-state index contributed by atoms with van der Waals surface area (Å²) in [7, 11) is 1.96. The molecule has 102 valence electrons. The molecule has 1 heterocycles. The summed E-state index contributed by atoms with van der Waals surface area (Å²) in [5.74, 6) is 0.660. The highest BCUT2D eigenvalue weighted by molar-refractivity contribution is 5.77. The Labute approximate surface area is 117 Å². The van der Waals surface area contributed by atoms with Gasteiger partial charge in [-0.2, -0.15) is 0 Å². The number of halogens is 1. The summed E-state index contributed by atoms with van der Waals surface area (Å²) in [5, 5.41) is 0. The quantitative estimate of drug-likeness (QED) is 0.787. The largest absolute Gasteiger partial charge is 0.345 e. The maximum Gasteiger partial charge on any atom is 0.203 e. The third kappa shape index (κ3) is 2.50. The molecule has 3 aromatic rings. The molecule has 2 aromatic carbocycles. The van der Waals surface area contributed by atoms with E-state index in [2.05, 4.69) is 9.97 Å². The number of para-hydroxylation sites is 2. The Morgan fingerprint density at radius 2 is 1.85 bits per heavy atom. The summed E-state index contributed by atoms with van der Waals surface area (Å²) in [6.07, 6.45) is 0.653. The van der Waals surface area contributed by atoms with Gasteiger partial charge in [-0.1, -0.05) is 30.3 Å². The third-order valence-electron chi connectivity index (χ3n) is 3.41. The molecular formula is C16H16FN3. The Kier molecular flexibility index (Phi) is 3.37. The first-order chi connectivity index (χ1) is 9.74. The molecule has 0 aliphatic heterocycles. The number of likely N-dealkylation sites (N-methyl/N-ethyl adjacent to an activating group) is 1. The van der Waals surface area contributed by atoms with Crippen LogP contribution in [0.15, 0.2) is 48.5 Å². The molecule has 0 radical (unpaired) electrons. The van der Waals surface area contributed by atoms with Crippen LogP contribution in [-0.4, -0.2) is 23.6 Å². The second-order valence-electron chi connectivity index (χ2n) is 4.84. The van der Waals surface area contributed by atoms with Crippen molar-refractivity contribution in [3.63, 3.8) is 0 Å². The normalized spacial score (nSPS) is 10.9. The zero-order valence-electron chi connectivity index (χ0n) is 11.3. The van der Waals surface area contributed by atoms with E-state index in [1.807, 2.05) is 48.3 Å². The van der Waals surface area contributed by atoms with E-state index in [0.29, 0.717) is 13.0 Å². The molecule has 0 unspecified atom stereocenters. The molecule has 0 fully saturated rings. The number of benzene rings is 2. The van der Waals surface area contributed by atoms with Gasteiger partial charge < -0.3 is 9.88 Å². The molecular weight excluding hydrogens is 253 g/mol. The minimum Gasteiger partial charge on any atom is -0.345 e. The number of rotatable bonds is 4. The second kappa shape index (κ2) is 5.33. The monoisotopic (exact) mass is 269 g/mol. The molecule has 0 atom stereocenters. The number of hydrogen-bond acceptors (Lipinski definition) is 2. The fraction of sp³-hybridized carbons (Fsp3) is 0.188. The minimum absolute atomic E-state index is 0.148. The van der Waals surface area contributed by atoms with Gasteiger partial charge in [0, 0.05) is 13.6 Å². The summed E-state index contributed by atoms with van der Waals surface area (Å²) in [6, 6.07) is 14.8. The summed E-state index contributed by atoms with van der Waals surface area (Å²) in [6.45, 7) is 0.709. The number of aromatic amines is 1. The molecule has 3 nitrogen and oxygen atoms in total. The van der Waals surface area contributed by atoms with E-state index in [9.17, 15) is 4.39 Å². The Morgan fingerprint density at radius 3 is 2.65 bits per heavy atom. The Morgan fingerprint density at radius 1 is 1.10 bits per heavy atom. The van der Waals surface area contributed by atoms with Gasteiger partial charge in [-0.25, -0.2) is 9.37 Å². The Balaban J connectivity index is 1.73. The number of H-pyrrole nitrogens is 1. The number of nitrogens with zero attached hydrogens (tertiary/aromatic N) is 2. The zero-order valence-corrected chi connectivity index (χ0v) is 11.3. The van der Waals surface area contributed by atoms with Crippen LogP contribution < -0.4 is 4.90 Å². The van der Waals surface area contributed by atoms with Crippen molar-refractivity contribution in [2.75, 3.05) is 18.5 Å². The number of nitrogens with one attached hydrogen (secondary N) is 1. The van der Waals surface area contributed by atoms with Crippen molar-refractivity contribution < 1.29 is 4.39 Å². The van der Waals surface area contributed by atoms with Gasteiger partial charge in [-0.05, 0) is 30.2 Å². The number of fused-ring (bicyclic) bond motifs is 1. The van der Waals surface area contributed by atoms with Crippen molar-refractivity contribution in [1.29, 1.82) is 0 Å². The predicted molar refractivity (Wildman–Crippen MR) is 79.5 cm³/mol. The Bertz CT molecular complexity index is 687. The molecule has 0 aliphatic rings. The molecule has 0 amide bonds. The lowest BCUT2D eigenvalue weighted by atomic mass is 10.1. The van der Waals surface area contributed by atoms with Gasteiger partial charge in [0.05, 0.1) is 11.0 Å². The number of anilines is 1. The summed E-state index contributed by atoms with van der Waals surface area (Å²) < 4.78 is 13.6. The van der Waals surface area contributed by atoms with Crippen LogP contribution in [0.25, 0.3) is 11.0 Å². The van der Waals surface area contributed by atoms with Gasteiger partial charge in [-0.15, -0.1) is 0 Å². The highest BCUT2D eigenvalue weighted by Crippen LogP contribution is 2.16. The lowest BCUT2D eigenvalue weighted by molar-refractivity contribution is 0.608. The van der Waals surface area contributed by atoms with Crippen molar-refractivity contribution in [1.82, 2.24) is 9.97 Å². The zero-order chi connectivity index (χ0) is 13.9. The smallest absolute Gasteiger partial charge is 0.203 e. The first kappa shape index (κ1) is 12.7. The molecule has 4 heteroatoms. The fourth-order valence-electron chi connectivity index (χ4n) is 2.22. The van der Waals surface area contributed by atoms with Crippen LogP contribution in [0, 0.1) is 5.82 Å². The molecule has 0 aliphatic carbocycles. The average Bonchev–Trinajstić information content (AvgIpc) is 2.90. The van der Waals surface area contributed by atoms with Gasteiger partial charge in [0.2, 0.25) is 5.95 Å². The van der Waals surface area contributed by atoms with E-state index in [1.165, 1.54) is 6.07 Å². The standard InChI is InChI=1S/C16H16FN3/c1-20(11-10-12-6-2-3-7-13(12)17)16-18-14-8-4-5-9-15(14)19-16/h2-9H,10-11H2,1H3,(H,18,19). The minimum atomic E-state index is -0.148. The molecule has 0 spiro atoms. The summed E-state index contributed by atoms with van der Waals surface area (Å²) in [4.78, 5) is 9.80. The third-order valence-corrected chi connectivity index (χ3v) is 3.41. The van der Waals surface area contributed by atoms with Crippen LogP contribution >= 0.6 is 0 Å². The number of imidazole rings is 1. The van der Waals surface area contributed by atoms with Gasteiger partial charge in [0.1, 0.15) is 5.82 Å². The van der Waals surface area contributed by atoms with Crippen LogP contribution in [0.3, 0.4) is 0 Å². The van der Waals surface area contributed by atoms with Crippen molar-refractivity contribution in [2.45, 2.75) is 6.42 Å². The SMILES string of the molecule is CN(CCc1ccccc1F)c1nc2ccccc2[nH]1. The Hall–Kier alpha value is -2.36. The lowest BCUT2D eigenvalue weighted by Gasteiger charge is -2.15. The summed E-state index contributed by atoms with van der Waals surface area (Å²) >= 11 is 0. The van der Waals surface area contributed by atoms with Crippen molar-refractivity contribution in [3.05, 3.63) is 59.9 Å². The molecule has 1 N–H and O–H groups in total. The maximum atomic E-state index is 13.6. The number of aromatic nitrogens is 2. The second-order valence-corrected chi connectivity index (χ2v) is 4.84. The van der Waals surface area contributed by atoms with E-state index in [1.54, 1.807) is 6.07 Å². The van der Waals surface area contributed by atoms with Gasteiger partial charge in [0.25, 0.3) is 0 Å². The predicted octanol–water partition coefficient (Wildman–Crippen LogP) is 3.38. The van der Waals surface area contributed by atoms with E-state index >= 15 is 0 Å². The highest BCUT2D eigenvalue weighted by atomic mass is 19.1. The molecule has 3 rings (SSSR count). The highest BCUT2D eigenvalue weighted by Gasteiger charge is 2.08. The van der Waals surface area contributed by atoms with Crippen molar-refractivity contribution in [2.24, 2.45) is 0 Å². The van der Waals surface area contributed by atoms with E-state index in [4.69, 9.17) is 0 Å². The molecule has 20 heavy (non-hydrogen) atoms. The van der Waals surface area contributed by atoms with Crippen LogP contribution in [0.1, 0.15) is 5.56 Å². The number of hydrogen-bond donors (Lipinski definition) is 1. The van der Waals surface area contributed by atoms with E-state index in [-0.39, 0.29) is 5.82 Å². The molecule has 0 saturated carbocycles. The van der Waals surface area contributed by atoms with Gasteiger partial charge in [-0.3, -0.25) is 0 Å². The van der Waals surface area contributed by atoms with E-state index < -0.39 is 0 Å². The molecule has 1 aromatic heterocycles. The van der Waals surface area contributed by atoms with Crippen LogP contribution in [0.2, 0.25) is 0 Å². The van der Waals surface area contributed by atoms with Crippen molar-refractivity contribution >= 4 is 17.0 Å². The molecule has 0 bridgehead atoms. The van der Waals surface area contributed by atoms with Crippen molar-refractivity contribution in [3.8, 4) is 0 Å². The average molecular weight is 269 g/mol. The van der Waals surface area contributed by atoms with Crippen LogP contribution in [0.4, 0.5) is 10.3 Å². The van der Waals surface area contributed by atoms with Crippen LogP contribution in [-0.2, 0) is 6.42 Å². The first-order valence-corrected chi connectivity index (χ1v) is 6.63. The van der Waals surface area contributed by atoms with E-state index in [0.717, 1.165) is 22.5 Å². The van der Waals surface area contributed by atoms with Crippen LogP contribution in [0.5, 0.6) is 0 Å². The van der Waals surface area contributed by atoms with Gasteiger partial charge >= 0.3 is 0 Å². The van der Waals surface area contributed by atoms with Gasteiger partial charge in [0.15, 0.2) is 0 Å².